The number of sulfone groups is 1. The van der Waals surface area contributed by atoms with E-state index in [0.717, 1.165) is 11.8 Å². The zero-order valence-electron chi connectivity index (χ0n) is 15.8. The summed E-state index contributed by atoms with van der Waals surface area (Å²) >= 11 is 1.22. The lowest BCUT2D eigenvalue weighted by atomic mass is 10.2. The normalized spacial score (nSPS) is 11.3. The molecule has 6 nitrogen and oxygen atoms in total. The van der Waals surface area contributed by atoms with Crippen molar-refractivity contribution in [3.63, 3.8) is 0 Å². The predicted molar refractivity (Wildman–Crippen MR) is 112 cm³/mol. The van der Waals surface area contributed by atoms with Gasteiger partial charge in [0.15, 0.2) is 9.84 Å². The number of rotatable bonds is 7. The average molecular weight is 435 g/mol. The van der Waals surface area contributed by atoms with E-state index in [4.69, 9.17) is 4.74 Å². The van der Waals surface area contributed by atoms with E-state index in [1.807, 2.05) is 0 Å². The molecule has 0 bridgehead atoms. The van der Waals surface area contributed by atoms with Crippen LogP contribution in [-0.2, 0) is 9.84 Å². The fraction of sp³-hybridized carbons (Fsp3) is 0.200. The van der Waals surface area contributed by atoms with E-state index in [2.05, 4.69) is 10.3 Å². The first-order valence-corrected chi connectivity index (χ1v) is 11.5. The maximum atomic E-state index is 13.1. The van der Waals surface area contributed by atoms with Crippen molar-refractivity contribution in [1.82, 2.24) is 4.98 Å². The molecule has 0 aliphatic rings. The van der Waals surface area contributed by atoms with E-state index in [9.17, 15) is 17.6 Å². The molecular weight excluding hydrogens is 415 g/mol. The van der Waals surface area contributed by atoms with Crippen LogP contribution in [0.2, 0.25) is 0 Å². The summed E-state index contributed by atoms with van der Waals surface area (Å²) < 4.78 is 40.9. The zero-order valence-corrected chi connectivity index (χ0v) is 17.4. The lowest BCUT2D eigenvalue weighted by molar-refractivity contribution is 0.103. The molecule has 0 spiro atoms. The van der Waals surface area contributed by atoms with Crippen LogP contribution >= 0.6 is 11.3 Å². The maximum Gasteiger partial charge on any atom is 0.267 e. The van der Waals surface area contributed by atoms with Crippen molar-refractivity contribution in [3.8, 4) is 16.3 Å². The van der Waals surface area contributed by atoms with Gasteiger partial charge in [0.2, 0.25) is 0 Å². The monoisotopic (exact) mass is 434 g/mol. The minimum Gasteiger partial charge on any atom is -0.492 e. The van der Waals surface area contributed by atoms with Crippen LogP contribution in [0.25, 0.3) is 10.6 Å². The van der Waals surface area contributed by atoms with Crippen molar-refractivity contribution in [2.24, 2.45) is 0 Å². The van der Waals surface area contributed by atoms with Crippen molar-refractivity contribution in [3.05, 3.63) is 64.9 Å². The second kappa shape index (κ2) is 8.71. The summed E-state index contributed by atoms with van der Waals surface area (Å²) in [4.78, 5) is 17.5. The topological polar surface area (TPSA) is 85.4 Å². The summed E-state index contributed by atoms with van der Waals surface area (Å²) in [6.07, 6.45) is 1.14. The van der Waals surface area contributed by atoms with E-state index in [1.165, 1.54) is 23.5 Å². The number of aryl methyl sites for hydroxylation is 1. The Morgan fingerprint density at radius 3 is 2.62 bits per heavy atom. The summed E-state index contributed by atoms with van der Waals surface area (Å²) in [6, 6.07) is 12.6. The molecule has 0 radical (unpaired) electrons. The van der Waals surface area contributed by atoms with E-state index in [-0.39, 0.29) is 24.1 Å². The predicted octanol–water partition coefficient (Wildman–Crippen LogP) is 3.93. The van der Waals surface area contributed by atoms with Gasteiger partial charge in [-0.15, -0.1) is 11.3 Å². The van der Waals surface area contributed by atoms with Crippen LogP contribution < -0.4 is 10.1 Å². The molecule has 3 aromatic rings. The number of amides is 1. The number of benzene rings is 2. The first kappa shape index (κ1) is 20.9. The molecule has 29 heavy (non-hydrogen) atoms. The van der Waals surface area contributed by atoms with Gasteiger partial charge in [-0.1, -0.05) is 6.07 Å². The number of thiazole rings is 1. The van der Waals surface area contributed by atoms with Gasteiger partial charge in [0.25, 0.3) is 5.91 Å². The third-order valence-electron chi connectivity index (χ3n) is 3.91. The van der Waals surface area contributed by atoms with Crippen molar-refractivity contribution in [2.45, 2.75) is 6.92 Å². The second-order valence-electron chi connectivity index (χ2n) is 6.40. The zero-order chi connectivity index (χ0) is 21.0. The van der Waals surface area contributed by atoms with Gasteiger partial charge in [0.1, 0.15) is 28.1 Å². The van der Waals surface area contributed by atoms with Gasteiger partial charge >= 0.3 is 0 Å². The number of aromatic nitrogens is 1. The highest BCUT2D eigenvalue weighted by Crippen LogP contribution is 2.29. The lowest BCUT2D eigenvalue weighted by Crippen LogP contribution is -2.13. The number of hydrogen-bond acceptors (Lipinski definition) is 6. The molecule has 9 heteroatoms. The molecule has 1 heterocycles. The van der Waals surface area contributed by atoms with Crippen molar-refractivity contribution < 1.29 is 22.3 Å². The highest BCUT2D eigenvalue weighted by molar-refractivity contribution is 7.90. The Hall–Kier alpha value is -2.78. The highest BCUT2D eigenvalue weighted by atomic mass is 32.2. The van der Waals surface area contributed by atoms with Gasteiger partial charge in [-0.3, -0.25) is 4.79 Å². The second-order valence-corrected chi connectivity index (χ2v) is 9.66. The lowest BCUT2D eigenvalue weighted by Gasteiger charge is -2.08. The molecule has 0 saturated carbocycles. The van der Waals surface area contributed by atoms with Gasteiger partial charge in [-0.2, -0.15) is 0 Å². The Morgan fingerprint density at radius 1 is 1.21 bits per heavy atom. The molecule has 152 valence electrons. The van der Waals surface area contributed by atoms with E-state index in [0.29, 0.717) is 27.0 Å². The van der Waals surface area contributed by atoms with Crippen LogP contribution in [-0.4, -0.2) is 37.9 Å². The number of ether oxygens (including phenoxy) is 1. The van der Waals surface area contributed by atoms with Crippen LogP contribution in [0, 0.1) is 12.7 Å². The molecule has 2 aromatic carbocycles. The van der Waals surface area contributed by atoms with Gasteiger partial charge < -0.3 is 10.1 Å². The van der Waals surface area contributed by atoms with E-state index in [1.54, 1.807) is 43.3 Å². The molecule has 0 unspecified atom stereocenters. The Bertz CT molecular complexity index is 1130. The molecule has 1 aromatic heterocycles. The fourth-order valence-electron chi connectivity index (χ4n) is 2.49. The summed E-state index contributed by atoms with van der Waals surface area (Å²) in [6.45, 7) is 1.77. The number of carbonyl (C=O) groups is 1. The van der Waals surface area contributed by atoms with Crippen LogP contribution in [0.15, 0.2) is 48.5 Å². The highest BCUT2D eigenvalue weighted by Gasteiger charge is 2.17. The van der Waals surface area contributed by atoms with Crippen LogP contribution in [0.4, 0.5) is 10.1 Å². The number of carbonyl (C=O) groups excluding carboxylic acids is 1. The SMILES string of the molecule is Cc1nc(-c2ccc(F)cc2)sc1C(=O)Nc1cccc(OCCS(C)(=O)=O)c1. The third kappa shape index (κ3) is 5.85. The molecule has 0 aliphatic carbocycles. The number of anilines is 1. The quantitative estimate of drug-likeness (QED) is 0.609. The third-order valence-corrected chi connectivity index (χ3v) is 6.02. The Morgan fingerprint density at radius 2 is 1.93 bits per heavy atom. The van der Waals surface area contributed by atoms with E-state index >= 15 is 0 Å². The summed E-state index contributed by atoms with van der Waals surface area (Å²) in [7, 11) is -3.11. The standard InChI is InChI=1S/C20H19FN2O4S2/c1-13-18(28-20(22-13)14-6-8-15(21)9-7-14)19(24)23-16-4-3-5-17(12-16)27-10-11-29(2,25)26/h3-9,12H,10-11H2,1-2H3,(H,23,24). The van der Waals surface area contributed by atoms with Crippen molar-refractivity contribution >= 4 is 32.8 Å². The summed E-state index contributed by atoms with van der Waals surface area (Å²) in [5, 5.41) is 3.42. The Labute approximate surface area is 172 Å². The van der Waals surface area contributed by atoms with Crippen molar-refractivity contribution in [1.29, 1.82) is 0 Å². The first-order valence-electron chi connectivity index (χ1n) is 8.66. The number of hydrogen-bond donors (Lipinski definition) is 1. The van der Waals surface area contributed by atoms with Crippen LogP contribution in [0.3, 0.4) is 0 Å². The molecule has 1 amide bonds. The molecule has 0 fully saturated rings. The average Bonchev–Trinajstić information content (AvgIpc) is 3.03. The first-order chi connectivity index (χ1) is 13.7. The molecule has 3 rings (SSSR count). The van der Waals surface area contributed by atoms with Crippen LogP contribution in [0.5, 0.6) is 5.75 Å². The minimum absolute atomic E-state index is 0.0330. The number of nitrogens with zero attached hydrogens (tertiary/aromatic N) is 1. The summed E-state index contributed by atoms with van der Waals surface area (Å²) in [5.74, 6) is -0.282. The fourth-order valence-corrected chi connectivity index (χ4v) is 3.84. The maximum absolute atomic E-state index is 13.1. The molecule has 0 atom stereocenters. The molecular formula is C20H19FN2O4S2. The Kier molecular flexibility index (Phi) is 6.29. The van der Waals surface area contributed by atoms with Crippen LogP contribution in [0.1, 0.15) is 15.4 Å². The minimum atomic E-state index is -3.11. The van der Waals surface area contributed by atoms with Gasteiger partial charge in [0.05, 0.1) is 11.4 Å². The largest absolute Gasteiger partial charge is 0.492 e. The molecule has 1 N–H and O–H groups in total. The van der Waals surface area contributed by atoms with Crippen molar-refractivity contribution in [2.75, 3.05) is 23.9 Å². The van der Waals surface area contributed by atoms with E-state index < -0.39 is 9.84 Å². The molecule has 0 saturated heterocycles. The van der Waals surface area contributed by atoms with Gasteiger partial charge in [-0.25, -0.2) is 17.8 Å². The summed E-state index contributed by atoms with van der Waals surface area (Å²) in [5.41, 5.74) is 1.83. The molecule has 0 aliphatic heterocycles. The van der Waals surface area contributed by atoms with Gasteiger partial charge in [0, 0.05) is 23.6 Å². The number of halogens is 1. The Balaban J connectivity index is 1.70. The smallest absolute Gasteiger partial charge is 0.267 e. The van der Waals surface area contributed by atoms with Gasteiger partial charge in [-0.05, 0) is 43.3 Å². The number of nitrogens with one attached hydrogen (secondary N) is 1.